The van der Waals surface area contributed by atoms with Gasteiger partial charge in [0, 0.05) is 27.8 Å². The molecular formula is C48H39N. The zero-order valence-corrected chi connectivity index (χ0v) is 28.5. The summed E-state index contributed by atoms with van der Waals surface area (Å²) >= 11 is 0. The predicted molar refractivity (Wildman–Crippen MR) is 207 cm³/mol. The van der Waals surface area contributed by atoms with Gasteiger partial charge in [-0.3, -0.25) is 0 Å². The van der Waals surface area contributed by atoms with E-state index in [0.717, 1.165) is 11.4 Å². The van der Waals surface area contributed by atoms with Gasteiger partial charge in [-0.05, 0) is 91.5 Å². The second kappa shape index (κ2) is 10.9. The molecule has 0 fully saturated rings. The molecule has 2 aliphatic rings. The molecule has 0 spiro atoms. The normalized spacial score (nSPS) is 14.4. The number of fused-ring (bicyclic) bond motifs is 6. The molecular weight excluding hydrogens is 591 g/mol. The van der Waals surface area contributed by atoms with Gasteiger partial charge in [0.15, 0.2) is 0 Å². The number of nitrogens with zero attached hydrogens (tertiary/aromatic N) is 1. The van der Waals surface area contributed by atoms with E-state index in [1.54, 1.807) is 0 Å². The molecule has 0 heterocycles. The van der Waals surface area contributed by atoms with Crippen LogP contribution in [-0.4, -0.2) is 0 Å². The van der Waals surface area contributed by atoms with Gasteiger partial charge in [-0.1, -0.05) is 161 Å². The number of anilines is 3. The number of hydrogen-bond donors (Lipinski definition) is 0. The maximum atomic E-state index is 2.49. The van der Waals surface area contributed by atoms with Gasteiger partial charge in [-0.15, -0.1) is 0 Å². The first-order chi connectivity index (χ1) is 23.8. The summed E-state index contributed by atoms with van der Waals surface area (Å²) in [4.78, 5) is 2.49. The quantitative estimate of drug-likeness (QED) is 0.183. The summed E-state index contributed by atoms with van der Waals surface area (Å²) in [6.07, 6.45) is 0. The van der Waals surface area contributed by atoms with Crippen LogP contribution >= 0.6 is 0 Å². The van der Waals surface area contributed by atoms with Crippen LogP contribution in [-0.2, 0) is 10.8 Å². The molecule has 0 saturated carbocycles. The highest BCUT2D eigenvalue weighted by Gasteiger charge is 2.39. The van der Waals surface area contributed by atoms with E-state index in [0.29, 0.717) is 0 Å². The topological polar surface area (TPSA) is 3.24 Å². The van der Waals surface area contributed by atoms with Crippen molar-refractivity contribution in [2.75, 3.05) is 4.90 Å². The summed E-state index contributed by atoms with van der Waals surface area (Å²) < 4.78 is 0. The zero-order chi connectivity index (χ0) is 33.3. The summed E-state index contributed by atoms with van der Waals surface area (Å²) in [6, 6.07) is 60.4. The van der Waals surface area contributed by atoms with Crippen molar-refractivity contribution in [1.82, 2.24) is 0 Å². The predicted octanol–water partition coefficient (Wildman–Crippen LogP) is 13.1. The van der Waals surface area contributed by atoms with E-state index in [4.69, 9.17) is 0 Å². The molecule has 0 saturated heterocycles. The van der Waals surface area contributed by atoms with Crippen molar-refractivity contribution in [2.24, 2.45) is 0 Å². The lowest BCUT2D eigenvalue weighted by atomic mass is 9.82. The Kier molecular flexibility index (Phi) is 6.58. The molecule has 0 radical (unpaired) electrons. The third-order valence-corrected chi connectivity index (χ3v) is 11.1. The third-order valence-electron chi connectivity index (χ3n) is 11.1. The maximum absolute atomic E-state index is 2.49. The highest BCUT2D eigenvalue weighted by atomic mass is 15.1. The Labute approximate surface area is 290 Å². The molecule has 0 bridgehead atoms. The summed E-state index contributed by atoms with van der Waals surface area (Å²) in [5, 5.41) is 0. The smallest absolute Gasteiger partial charge is 0.0543 e. The van der Waals surface area contributed by atoms with Crippen LogP contribution in [0.1, 0.15) is 49.9 Å². The van der Waals surface area contributed by atoms with Crippen LogP contribution in [0.15, 0.2) is 164 Å². The molecule has 236 valence electrons. The molecule has 0 aliphatic heterocycles. The van der Waals surface area contributed by atoms with Crippen molar-refractivity contribution in [3.63, 3.8) is 0 Å². The van der Waals surface area contributed by atoms with Gasteiger partial charge in [0.25, 0.3) is 0 Å². The van der Waals surface area contributed by atoms with Gasteiger partial charge < -0.3 is 4.90 Å². The van der Waals surface area contributed by atoms with E-state index >= 15 is 0 Å². The third kappa shape index (κ3) is 4.46. The van der Waals surface area contributed by atoms with Gasteiger partial charge in [0.2, 0.25) is 0 Å². The molecule has 2 aliphatic carbocycles. The van der Waals surface area contributed by atoms with E-state index < -0.39 is 0 Å². The summed E-state index contributed by atoms with van der Waals surface area (Å²) in [7, 11) is 0. The molecule has 9 rings (SSSR count). The SMILES string of the molecule is CC1(C)c2ccc(N(c3ccc(-c4ccccc4)cc3)c3cccc4c3-c3ccccc3C4(C)C)cc2-c2c(-c3ccccc3)cccc21. The Morgan fingerprint density at radius 1 is 0.347 bits per heavy atom. The average Bonchev–Trinajstić information content (AvgIpc) is 3.53. The second-order valence-electron chi connectivity index (χ2n) is 14.6. The Balaban J connectivity index is 1.29. The van der Waals surface area contributed by atoms with Gasteiger partial charge in [-0.25, -0.2) is 0 Å². The van der Waals surface area contributed by atoms with Crippen LogP contribution in [0, 0.1) is 0 Å². The van der Waals surface area contributed by atoms with Gasteiger partial charge in [-0.2, -0.15) is 0 Å². The molecule has 1 nitrogen and oxygen atoms in total. The molecule has 0 unspecified atom stereocenters. The Hall–Kier alpha value is -5.66. The molecule has 49 heavy (non-hydrogen) atoms. The first-order valence-electron chi connectivity index (χ1n) is 17.4. The molecule has 0 N–H and O–H groups in total. The van der Waals surface area contributed by atoms with Gasteiger partial charge >= 0.3 is 0 Å². The lowest BCUT2D eigenvalue weighted by Crippen LogP contribution is -2.16. The number of hydrogen-bond acceptors (Lipinski definition) is 1. The average molecular weight is 630 g/mol. The minimum Gasteiger partial charge on any atom is -0.310 e. The fraction of sp³-hybridized carbons (Fsp3) is 0.125. The number of rotatable bonds is 5. The lowest BCUT2D eigenvalue weighted by molar-refractivity contribution is 0.660. The first kappa shape index (κ1) is 29.5. The fourth-order valence-electron chi connectivity index (χ4n) is 8.57. The maximum Gasteiger partial charge on any atom is 0.0543 e. The van der Waals surface area contributed by atoms with E-state index in [9.17, 15) is 0 Å². The van der Waals surface area contributed by atoms with Crippen molar-refractivity contribution < 1.29 is 0 Å². The van der Waals surface area contributed by atoms with Crippen molar-refractivity contribution in [2.45, 2.75) is 38.5 Å². The van der Waals surface area contributed by atoms with Crippen LogP contribution in [0.25, 0.3) is 44.5 Å². The molecule has 0 atom stereocenters. The largest absolute Gasteiger partial charge is 0.310 e. The Morgan fingerprint density at radius 3 is 1.57 bits per heavy atom. The van der Waals surface area contributed by atoms with Crippen LogP contribution in [0.4, 0.5) is 17.1 Å². The van der Waals surface area contributed by atoms with Crippen molar-refractivity contribution in [3.05, 3.63) is 186 Å². The van der Waals surface area contributed by atoms with Gasteiger partial charge in [0.05, 0.1) is 5.69 Å². The monoisotopic (exact) mass is 629 g/mol. The Morgan fingerprint density at radius 2 is 0.857 bits per heavy atom. The number of benzene rings is 7. The van der Waals surface area contributed by atoms with Crippen LogP contribution in [0.2, 0.25) is 0 Å². The molecule has 1 heteroatoms. The summed E-state index contributed by atoms with van der Waals surface area (Å²) in [6.45, 7) is 9.46. The Bertz CT molecular complexity index is 2360. The fourth-order valence-corrected chi connectivity index (χ4v) is 8.57. The van der Waals surface area contributed by atoms with Crippen molar-refractivity contribution in [3.8, 4) is 44.5 Å². The van der Waals surface area contributed by atoms with Crippen LogP contribution in [0.5, 0.6) is 0 Å². The van der Waals surface area contributed by atoms with E-state index in [2.05, 4.69) is 196 Å². The van der Waals surface area contributed by atoms with Crippen molar-refractivity contribution >= 4 is 17.1 Å². The molecule has 7 aromatic rings. The summed E-state index contributed by atoms with van der Waals surface area (Å²) in [5.41, 5.74) is 19.1. The minimum absolute atomic E-state index is 0.0870. The van der Waals surface area contributed by atoms with E-state index in [1.165, 1.54) is 72.4 Å². The van der Waals surface area contributed by atoms with E-state index in [-0.39, 0.29) is 10.8 Å². The molecule has 0 amide bonds. The van der Waals surface area contributed by atoms with Gasteiger partial charge in [0.1, 0.15) is 0 Å². The standard InChI is InChI=1S/C48H39N/c1-47(2)40-21-12-11-19-38(40)46-43(47)23-14-24-44(46)49(35-27-25-33(26-28-35)32-15-7-5-8-16-32)36-29-30-41-39(31-36)45-37(34-17-9-6-10-18-34)20-13-22-42(45)48(41,3)4/h5-31H,1-4H3. The van der Waals surface area contributed by atoms with Crippen LogP contribution in [0.3, 0.4) is 0 Å². The second-order valence-corrected chi connectivity index (χ2v) is 14.6. The highest BCUT2D eigenvalue weighted by molar-refractivity contribution is 5.98. The summed E-state index contributed by atoms with van der Waals surface area (Å²) in [5.74, 6) is 0. The lowest BCUT2D eigenvalue weighted by Gasteiger charge is -2.30. The van der Waals surface area contributed by atoms with Crippen LogP contribution < -0.4 is 4.90 Å². The molecule has 7 aromatic carbocycles. The van der Waals surface area contributed by atoms with Crippen molar-refractivity contribution in [1.29, 1.82) is 0 Å². The van der Waals surface area contributed by atoms with E-state index in [1.807, 2.05) is 0 Å². The molecule has 0 aromatic heterocycles. The first-order valence-corrected chi connectivity index (χ1v) is 17.4. The highest BCUT2D eigenvalue weighted by Crippen LogP contribution is 2.56. The minimum atomic E-state index is -0.104. The zero-order valence-electron chi connectivity index (χ0n) is 28.5.